The van der Waals surface area contributed by atoms with Crippen LogP contribution in [0.1, 0.15) is 30.4 Å². The monoisotopic (exact) mass is 422 g/mol. The molecule has 2 nitrogen and oxygen atoms in total. The van der Waals surface area contributed by atoms with E-state index in [0.29, 0.717) is 12.0 Å². The Morgan fingerprint density at radius 2 is 1.36 bits per heavy atom. The fourth-order valence-electron chi connectivity index (χ4n) is 2.66. The Bertz CT molecular complexity index is 639. The molecule has 0 bridgehead atoms. The summed E-state index contributed by atoms with van der Waals surface area (Å²) in [6.07, 6.45) is 0.398. The molecule has 1 unspecified atom stereocenters. The predicted molar refractivity (Wildman–Crippen MR) is 95.5 cm³/mol. The molecular formula is C18H16Br2O2. The van der Waals surface area contributed by atoms with Gasteiger partial charge in [-0.25, -0.2) is 0 Å². The van der Waals surface area contributed by atoms with Crippen molar-refractivity contribution in [3.05, 3.63) is 71.8 Å². The van der Waals surface area contributed by atoms with E-state index in [-0.39, 0.29) is 15.3 Å². The zero-order valence-corrected chi connectivity index (χ0v) is 15.3. The van der Waals surface area contributed by atoms with Gasteiger partial charge in [0.25, 0.3) is 0 Å². The average Bonchev–Trinajstić information content (AvgIpc) is 2.53. The number of benzene rings is 2. The van der Waals surface area contributed by atoms with Crippen LogP contribution in [0.3, 0.4) is 0 Å². The second-order valence-electron chi connectivity index (χ2n) is 5.33. The molecule has 0 spiro atoms. The second-order valence-corrected chi connectivity index (χ2v) is 6.78. The van der Waals surface area contributed by atoms with Crippen LogP contribution >= 0.6 is 31.9 Å². The summed E-state index contributed by atoms with van der Waals surface area (Å²) >= 11 is 6.09. The van der Waals surface area contributed by atoms with Crippen molar-refractivity contribution in [2.24, 2.45) is 0 Å². The Morgan fingerprint density at radius 3 is 1.82 bits per heavy atom. The highest BCUT2D eigenvalue weighted by molar-refractivity contribution is 9.19. The Labute approximate surface area is 147 Å². The van der Waals surface area contributed by atoms with E-state index in [1.165, 1.54) is 0 Å². The molecule has 0 heterocycles. The van der Waals surface area contributed by atoms with Crippen LogP contribution < -0.4 is 0 Å². The molecule has 0 N–H and O–H groups in total. The minimum absolute atomic E-state index is 0.0596. The van der Waals surface area contributed by atoms with Gasteiger partial charge in [-0.1, -0.05) is 67.6 Å². The summed E-state index contributed by atoms with van der Waals surface area (Å²) in [5, 5.41) is 0. The maximum Gasteiger partial charge on any atom is 0.216 e. The van der Waals surface area contributed by atoms with Gasteiger partial charge in [0.2, 0.25) is 9.39 Å². The molecule has 0 aliphatic rings. The number of carbonyl (C=O) groups excluding carboxylic acids is 2. The quantitative estimate of drug-likeness (QED) is 0.486. The van der Waals surface area contributed by atoms with Gasteiger partial charge in [-0.3, -0.25) is 9.59 Å². The topological polar surface area (TPSA) is 34.1 Å². The molecule has 0 aliphatic carbocycles. The molecule has 0 radical (unpaired) electrons. The van der Waals surface area contributed by atoms with Crippen molar-refractivity contribution in [1.82, 2.24) is 0 Å². The van der Waals surface area contributed by atoms with Crippen LogP contribution in [0.4, 0.5) is 0 Å². The first-order valence-electron chi connectivity index (χ1n) is 6.99. The normalized spacial score (nSPS) is 12.7. The van der Waals surface area contributed by atoms with E-state index < -0.39 is 5.41 Å². The highest BCUT2D eigenvalue weighted by Gasteiger charge is 2.45. The van der Waals surface area contributed by atoms with E-state index in [1.54, 1.807) is 0 Å². The summed E-state index contributed by atoms with van der Waals surface area (Å²) in [5.74, 6) is 0.0596. The third-order valence-electron chi connectivity index (χ3n) is 3.92. The van der Waals surface area contributed by atoms with Crippen LogP contribution in [-0.2, 0) is 15.0 Å². The average molecular weight is 424 g/mol. The zero-order chi connectivity index (χ0) is 16.2. The van der Waals surface area contributed by atoms with Gasteiger partial charge in [0, 0.05) is 0 Å². The van der Waals surface area contributed by atoms with Crippen molar-refractivity contribution in [3.8, 4) is 0 Å². The molecule has 2 aromatic carbocycles. The molecule has 114 valence electrons. The summed E-state index contributed by atoms with van der Waals surface area (Å²) < 4.78 is -0.647. The van der Waals surface area contributed by atoms with Gasteiger partial charge in [-0.05, 0) is 55.3 Å². The Balaban J connectivity index is 2.46. The fourth-order valence-corrected chi connectivity index (χ4v) is 4.07. The molecule has 2 aromatic rings. The fraction of sp³-hybridized carbons (Fsp3) is 0.222. The Morgan fingerprint density at radius 1 is 0.909 bits per heavy atom. The van der Waals surface area contributed by atoms with Gasteiger partial charge in [-0.2, -0.15) is 0 Å². The van der Waals surface area contributed by atoms with Crippen LogP contribution in [0.15, 0.2) is 60.7 Å². The molecule has 0 aliphatic heterocycles. The van der Waals surface area contributed by atoms with Gasteiger partial charge in [-0.15, -0.1) is 0 Å². The second kappa shape index (κ2) is 7.34. The first-order valence-corrected chi connectivity index (χ1v) is 8.57. The van der Waals surface area contributed by atoms with Crippen LogP contribution in [0.2, 0.25) is 0 Å². The largest absolute Gasteiger partial charge is 0.285 e. The van der Waals surface area contributed by atoms with Gasteiger partial charge in [0.05, 0.1) is 0 Å². The van der Waals surface area contributed by atoms with Crippen molar-refractivity contribution in [2.75, 3.05) is 0 Å². The van der Waals surface area contributed by atoms with E-state index in [2.05, 4.69) is 31.9 Å². The van der Waals surface area contributed by atoms with Gasteiger partial charge in [0.15, 0.2) is 0 Å². The molecule has 1 atom stereocenters. The summed E-state index contributed by atoms with van der Waals surface area (Å²) in [6, 6.07) is 19.1. The maximum atomic E-state index is 12.3. The lowest BCUT2D eigenvalue weighted by atomic mass is 9.75. The number of rotatable bonds is 6. The van der Waals surface area contributed by atoms with Gasteiger partial charge in [0.1, 0.15) is 5.41 Å². The predicted octanol–water partition coefficient (Wildman–Crippen LogP) is 4.96. The van der Waals surface area contributed by atoms with Crippen molar-refractivity contribution < 1.29 is 9.59 Å². The van der Waals surface area contributed by atoms with E-state index in [4.69, 9.17) is 0 Å². The van der Waals surface area contributed by atoms with Crippen molar-refractivity contribution in [2.45, 2.75) is 24.7 Å². The molecule has 22 heavy (non-hydrogen) atoms. The van der Waals surface area contributed by atoms with Crippen LogP contribution in [-0.4, -0.2) is 9.39 Å². The molecule has 4 heteroatoms. The molecule has 0 saturated heterocycles. The lowest BCUT2D eigenvalue weighted by Crippen LogP contribution is -2.39. The van der Waals surface area contributed by atoms with Crippen LogP contribution in [0.25, 0.3) is 0 Å². The van der Waals surface area contributed by atoms with Crippen molar-refractivity contribution in [3.63, 3.8) is 0 Å². The number of carbonyl (C=O) groups is 2. The van der Waals surface area contributed by atoms with E-state index >= 15 is 0 Å². The number of halogens is 2. The number of hydrogen-bond donors (Lipinski definition) is 0. The molecule has 0 aromatic heterocycles. The minimum atomic E-state index is -1.23. The SMILES string of the molecule is CC(CC(C(=O)Br)(C(=O)Br)c1ccccc1)c1ccccc1. The molecule has 2 rings (SSSR count). The van der Waals surface area contributed by atoms with Crippen molar-refractivity contribution >= 4 is 41.2 Å². The summed E-state index contributed by atoms with van der Waals surface area (Å²) in [5.41, 5.74) is 0.572. The summed E-state index contributed by atoms with van der Waals surface area (Å²) in [6.45, 7) is 2.03. The first kappa shape index (κ1) is 17.1. The first-order chi connectivity index (χ1) is 10.5. The van der Waals surface area contributed by atoms with E-state index in [9.17, 15) is 9.59 Å². The minimum Gasteiger partial charge on any atom is -0.285 e. The third kappa shape index (κ3) is 3.39. The van der Waals surface area contributed by atoms with Crippen LogP contribution in [0, 0.1) is 0 Å². The summed E-state index contributed by atoms with van der Waals surface area (Å²) in [4.78, 5) is 24.7. The van der Waals surface area contributed by atoms with Crippen LogP contribution in [0.5, 0.6) is 0 Å². The lowest BCUT2D eigenvalue weighted by molar-refractivity contribution is -0.125. The molecular weight excluding hydrogens is 408 g/mol. The highest BCUT2D eigenvalue weighted by atomic mass is 79.9. The van der Waals surface area contributed by atoms with E-state index in [0.717, 1.165) is 5.56 Å². The number of hydrogen-bond acceptors (Lipinski definition) is 2. The third-order valence-corrected chi connectivity index (χ3v) is 5.27. The Hall–Kier alpha value is -1.26. The molecule has 0 fully saturated rings. The zero-order valence-electron chi connectivity index (χ0n) is 12.1. The maximum absolute atomic E-state index is 12.3. The van der Waals surface area contributed by atoms with Crippen molar-refractivity contribution in [1.29, 1.82) is 0 Å². The summed E-state index contributed by atoms with van der Waals surface area (Å²) in [7, 11) is 0. The lowest BCUT2D eigenvalue weighted by Gasteiger charge is -2.30. The smallest absolute Gasteiger partial charge is 0.216 e. The van der Waals surface area contributed by atoms with Gasteiger partial charge >= 0.3 is 0 Å². The van der Waals surface area contributed by atoms with Gasteiger partial charge < -0.3 is 0 Å². The Kier molecular flexibility index (Phi) is 5.70. The van der Waals surface area contributed by atoms with E-state index in [1.807, 2.05) is 67.6 Å². The molecule has 0 saturated carbocycles. The highest BCUT2D eigenvalue weighted by Crippen LogP contribution is 2.40. The standard InChI is InChI=1S/C18H16Br2O2/c1-13(14-8-4-2-5-9-14)12-18(16(19)21,17(20)22)15-10-6-3-7-11-15/h2-11,13H,12H2,1H3. The molecule has 0 amide bonds.